The first-order valence-corrected chi connectivity index (χ1v) is 8.79. The molecule has 25 heavy (non-hydrogen) atoms. The number of nitrogens with one attached hydrogen (secondary N) is 2. The molecule has 0 spiro atoms. The Morgan fingerprint density at radius 3 is 2.56 bits per heavy atom. The highest BCUT2D eigenvalue weighted by Crippen LogP contribution is 2.24. The molecule has 1 heterocycles. The normalized spacial score (nSPS) is 10.5. The average Bonchev–Trinajstić information content (AvgIpc) is 2.92. The van der Waals surface area contributed by atoms with Gasteiger partial charge in [-0.05, 0) is 42.4 Å². The molecule has 0 fully saturated rings. The van der Waals surface area contributed by atoms with Crippen LogP contribution in [-0.4, -0.2) is 14.9 Å². The molecule has 0 aliphatic heterocycles. The summed E-state index contributed by atoms with van der Waals surface area (Å²) in [6.45, 7) is 2.56. The molecule has 0 bridgehead atoms. The minimum atomic E-state index is 0.400. The van der Waals surface area contributed by atoms with Crippen LogP contribution in [0.3, 0.4) is 0 Å². The largest absolute Gasteiger partial charge is 0.332 e. The number of thiocarbonyl (C=S) groups is 1. The molecule has 2 aromatic carbocycles. The van der Waals surface area contributed by atoms with E-state index in [0.717, 1.165) is 16.8 Å². The first kappa shape index (κ1) is 17.7. The Bertz CT molecular complexity index is 893. The number of aromatic nitrogens is 2. The van der Waals surface area contributed by atoms with Crippen LogP contribution in [0.4, 0.5) is 11.5 Å². The van der Waals surface area contributed by atoms with Crippen molar-refractivity contribution in [3.63, 3.8) is 0 Å². The second-order valence-corrected chi connectivity index (χ2v) is 6.72. The topological polar surface area (TPSA) is 41.9 Å². The number of halogens is 2. The number of rotatable bonds is 4. The van der Waals surface area contributed by atoms with Gasteiger partial charge in [0.15, 0.2) is 10.9 Å². The quantitative estimate of drug-likeness (QED) is 0.588. The molecule has 0 saturated carbocycles. The van der Waals surface area contributed by atoms with Gasteiger partial charge in [0.1, 0.15) is 5.02 Å². The molecule has 1 aromatic heterocycles. The zero-order valence-electron chi connectivity index (χ0n) is 13.5. The van der Waals surface area contributed by atoms with Gasteiger partial charge in [-0.2, -0.15) is 5.10 Å². The van der Waals surface area contributed by atoms with Gasteiger partial charge in [0.05, 0.1) is 6.54 Å². The maximum absolute atomic E-state index is 6.26. The van der Waals surface area contributed by atoms with E-state index in [0.29, 0.717) is 27.5 Å². The molecule has 0 radical (unpaired) electrons. The maximum atomic E-state index is 6.26. The number of benzene rings is 2. The van der Waals surface area contributed by atoms with E-state index in [4.69, 9.17) is 35.4 Å². The van der Waals surface area contributed by atoms with Crippen LogP contribution in [0.5, 0.6) is 0 Å². The molecular formula is C18H16Cl2N4S. The fraction of sp³-hybridized carbons (Fsp3) is 0.111. The summed E-state index contributed by atoms with van der Waals surface area (Å²) in [7, 11) is 0. The van der Waals surface area contributed by atoms with Crippen molar-refractivity contribution in [3.8, 4) is 0 Å². The predicted molar refractivity (Wildman–Crippen MR) is 109 cm³/mol. The summed E-state index contributed by atoms with van der Waals surface area (Å²) in [6, 6.07) is 15.6. The Kier molecular flexibility index (Phi) is 5.58. The van der Waals surface area contributed by atoms with Crippen LogP contribution in [0.25, 0.3) is 0 Å². The van der Waals surface area contributed by atoms with Crippen LogP contribution in [0.15, 0.2) is 54.7 Å². The fourth-order valence-electron chi connectivity index (χ4n) is 2.34. The zero-order chi connectivity index (χ0) is 17.8. The van der Waals surface area contributed by atoms with Crippen molar-refractivity contribution in [1.82, 2.24) is 9.78 Å². The van der Waals surface area contributed by atoms with Crippen molar-refractivity contribution in [1.29, 1.82) is 0 Å². The van der Waals surface area contributed by atoms with Crippen LogP contribution in [0.1, 0.15) is 11.1 Å². The van der Waals surface area contributed by atoms with Gasteiger partial charge in [-0.15, -0.1) is 0 Å². The molecule has 128 valence electrons. The Morgan fingerprint density at radius 1 is 1.04 bits per heavy atom. The van der Waals surface area contributed by atoms with Crippen molar-refractivity contribution in [2.24, 2.45) is 0 Å². The molecule has 0 saturated heterocycles. The van der Waals surface area contributed by atoms with Crippen molar-refractivity contribution in [2.75, 3.05) is 10.6 Å². The molecule has 4 nitrogen and oxygen atoms in total. The van der Waals surface area contributed by atoms with Gasteiger partial charge < -0.3 is 10.6 Å². The van der Waals surface area contributed by atoms with Crippen molar-refractivity contribution >= 4 is 52.0 Å². The molecular weight excluding hydrogens is 375 g/mol. The van der Waals surface area contributed by atoms with E-state index in [2.05, 4.69) is 15.7 Å². The smallest absolute Gasteiger partial charge is 0.176 e. The van der Waals surface area contributed by atoms with Crippen molar-refractivity contribution < 1.29 is 0 Å². The number of hydrogen-bond donors (Lipinski definition) is 2. The second kappa shape index (κ2) is 7.87. The minimum Gasteiger partial charge on any atom is -0.332 e. The molecule has 7 heteroatoms. The van der Waals surface area contributed by atoms with E-state index >= 15 is 0 Å². The lowest BCUT2D eigenvalue weighted by atomic mass is 10.2. The first-order chi connectivity index (χ1) is 12.0. The molecule has 0 aliphatic rings. The highest BCUT2D eigenvalue weighted by molar-refractivity contribution is 7.80. The lowest BCUT2D eigenvalue weighted by Crippen LogP contribution is -2.20. The Balaban J connectivity index is 1.68. The molecule has 2 N–H and O–H groups in total. The van der Waals surface area contributed by atoms with Crippen molar-refractivity contribution in [2.45, 2.75) is 13.5 Å². The van der Waals surface area contributed by atoms with E-state index < -0.39 is 0 Å². The van der Waals surface area contributed by atoms with E-state index in [1.807, 2.05) is 55.5 Å². The maximum Gasteiger partial charge on any atom is 0.176 e. The van der Waals surface area contributed by atoms with Crippen LogP contribution >= 0.6 is 35.4 Å². The summed E-state index contributed by atoms with van der Waals surface area (Å²) in [5, 5.41) is 12.2. The van der Waals surface area contributed by atoms with E-state index in [-0.39, 0.29) is 0 Å². The van der Waals surface area contributed by atoms with Crippen LogP contribution in [0.2, 0.25) is 10.0 Å². The monoisotopic (exact) mass is 390 g/mol. The third-order valence-electron chi connectivity index (χ3n) is 3.65. The van der Waals surface area contributed by atoms with Gasteiger partial charge in [0, 0.05) is 16.9 Å². The lowest BCUT2D eigenvalue weighted by molar-refractivity contribution is 0.690. The summed E-state index contributed by atoms with van der Waals surface area (Å²) in [5.41, 5.74) is 2.90. The number of hydrogen-bond acceptors (Lipinski definition) is 2. The number of anilines is 2. The van der Waals surface area contributed by atoms with Crippen LogP contribution in [0, 0.1) is 6.92 Å². The average molecular weight is 391 g/mol. The third-order valence-corrected chi connectivity index (χ3v) is 4.54. The summed E-state index contributed by atoms with van der Waals surface area (Å²) in [4.78, 5) is 0. The Hall–Kier alpha value is -2.08. The fourth-order valence-corrected chi connectivity index (χ4v) is 2.92. The molecule has 0 unspecified atom stereocenters. The minimum absolute atomic E-state index is 0.400. The molecule has 0 atom stereocenters. The van der Waals surface area contributed by atoms with Crippen LogP contribution in [-0.2, 0) is 6.54 Å². The van der Waals surface area contributed by atoms with Gasteiger partial charge in [0.25, 0.3) is 0 Å². The van der Waals surface area contributed by atoms with Gasteiger partial charge in [-0.3, -0.25) is 4.68 Å². The molecule has 3 aromatic rings. The third kappa shape index (κ3) is 4.51. The Labute approximate surface area is 161 Å². The van der Waals surface area contributed by atoms with Crippen molar-refractivity contribution in [3.05, 3.63) is 75.9 Å². The second-order valence-electron chi connectivity index (χ2n) is 5.50. The highest BCUT2D eigenvalue weighted by atomic mass is 35.5. The molecule has 0 amide bonds. The van der Waals surface area contributed by atoms with Crippen LogP contribution < -0.4 is 10.6 Å². The first-order valence-electron chi connectivity index (χ1n) is 7.63. The standard InChI is InChI=1S/C18H16Cl2N4S/c1-12-14(19)8-5-9-16(12)21-18(25)22-17-15(20)11-24(23-17)10-13-6-3-2-4-7-13/h2-9,11H,10H2,1H3,(H2,21,22,23,25). The predicted octanol–water partition coefficient (Wildman–Crippen LogP) is 5.36. The van der Waals surface area contributed by atoms with Gasteiger partial charge in [0.2, 0.25) is 0 Å². The lowest BCUT2D eigenvalue weighted by Gasteiger charge is -2.12. The van der Waals surface area contributed by atoms with Gasteiger partial charge in [-0.25, -0.2) is 0 Å². The SMILES string of the molecule is Cc1c(Cl)cccc1NC(=S)Nc1nn(Cc2ccccc2)cc1Cl. The summed E-state index contributed by atoms with van der Waals surface area (Å²) in [6.07, 6.45) is 1.77. The zero-order valence-corrected chi connectivity index (χ0v) is 15.8. The number of nitrogens with zero attached hydrogens (tertiary/aromatic N) is 2. The van der Waals surface area contributed by atoms with Gasteiger partial charge in [-0.1, -0.05) is 59.6 Å². The van der Waals surface area contributed by atoms with Gasteiger partial charge >= 0.3 is 0 Å². The van der Waals surface area contributed by atoms with E-state index in [1.165, 1.54) is 0 Å². The highest BCUT2D eigenvalue weighted by Gasteiger charge is 2.10. The summed E-state index contributed by atoms with van der Waals surface area (Å²) < 4.78 is 1.77. The summed E-state index contributed by atoms with van der Waals surface area (Å²) >= 11 is 17.7. The summed E-state index contributed by atoms with van der Waals surface area (Å²) in [5.74, 6) is 0.509. The molecule has 3 rings (SSSR count). The van der Waals surface area contributed by atoms with E-state index in [1.54, 1.807) is 10.9 Å². The Morgan fingerprint density at radius 2 is 1.80 bits per heavy atom. The molecule has 0 aliphatic carbocycles. The van der Waals surface area contributed by atoms with E-state index in [9.17, 15) is 0 Å².